The molecule has 0 unspecified atom stereocenters. The number of rotatable bonds is 6. The van der Waals surface area contributed by atoms with E-state index in [0.717, 1.165) is 33.0 Å². The second-order valence-electron chi connectivity index (χ2n) is 7.27. The van der Waals surface area contributed by atoms with E-state index in [2.05, 4.69) is 0 Å². The zero-order valence-corrected chi connectivity index (χ0v) is 16.4. The zero-order valence-electron chi connectivity index (χ0n) is 16.4. The van der Waals surface area contributed by atoms with Crippen LogP contribution in [0.15, 0.2) is 54.1 Å². The monoisotopic (exact) mass is 384 g/mol. The van der Waals surface area contributed by atoms with Gasteiger partial charge in [-0.05, 0) is 47.7 Å². The first-order valence-corrected chi connectivity index (χ1v) is 9.27. The molecule has 5 nitrogen and oxygen atoms in total. The van der Waals surface area contributed by atoms with Gasteiger partial charge in [-0.2, -0.15) is 0 Å². The first kappa shape index (κ1) is 20.0. The molecule has 1 aliphatic rings. The first-order valence-electron chi connectivity index (χ1n) is 9.27. The molecule has 1 heterocycles. The van der Waals surface area contributed by atoms with E-state index in [1.54, 1.807) is 12.1 Å². The quantitative estimate of drug-likeness (QED) is 0.728. The molecule has 0 aromatic heterocycles. The molecule has 0 spiro atoms. The minimum Gasteiger partial charge on any atom is -0.356 e. The molecule has 0 saturated carbocycles. The Morgan fingerprint density at radius 1 is 1.18 bits per heavy atom. The summed E-state index contributed by atoms with van der Waals surface area (Å²) in [4.78, 5) is 14.1. The van der Waals surface area contributed by atoms with Gasteiger partial charge in [0.05, 0.1) is 18.8 Å². The Kier molecular flexibility index (Phi) is 6.11. The van der Waals surface area contributed by atoms with E-state index in [9.17, 15) is 14.4 Å². The summed E-state index contributed by atoms with van der Waals surface area (Å²) in [5, 5.41) is 10.9. The van der Waals surface area contributed by atoms with Crippen LogP contribution in [0.4, 0.5) is 9.18 Å². The maximum Gasteiger partial charge on any atom is 0.350 e. The molecule has 2 aromatic rings. The summed E-state index contributed by atoms with van der Waals surface area (Å²) in [7, 11) is 0. The number of hydroxylamine groups is 2. The fourth-order valence-electron chi connectivity index (χ4n) is 3.26. The van der Waals surface area contributed by atoms with Crippen LogP contribution in [0.3, 0.4) is 0 Å². The van der Waals surface area contributed by atoms with Crippen LogP contribution in [0.5, 0.6) is 0 Å². The highest BCUT2D eigenvalue weighted by Crippen LogP contribution is 2.33. The Morgan fingerprint density at radius 2 is 1.89 bits per heavy atom. The lowest BCUT2D eigenvalue weighted by atomic mass is 9.94. The minimum atomic E-state index is -0.528. The van der Waals surface area contributed by atoms with Gasteiger partial charge in [0.2, 0.25) is 0 Å². The van der Waals surface area contributed by atoms with Crippen LogP contribution < -0.4 is 0 Å². The van der Waals surface area contributed by atoms with Gasteiger partial charge in [-0.15, -0.1) is 0 Å². The summed E-state index contributed by atoms with van der Waals surface area (Å²) in [6, 6.07) is 13.4. The number of urea groups is 1. The number of aryl methyl sites for hydroxylation is 1. The number of carbonyl (C=O) groups is 1. The van der Waals surface area contributed by atoms with Crippen LogP contribution in [0.25, 0.3) is 5.70 Å². The molecule has 0 aliphatic carbocycles. The molecular weight excluding hydrogens is 359 g/mol. The van der Waals surface area contributed by atoms with E-state index in [4.69, 9.17) is 4.74 Å². The lowest BCUT2D eigenvalue weighted by Crippen LogP contribution is -2.47. The Bertz CT molecular complexity index is 878. The highest BCUT2D eigenvalue weighted by atomic mass is 19.1. The Hall–Kier alpha value is -2.70. The standard InChI is InChI=1S/C22H25FN2O3/c1-15(2)20-12-25(27)22(26)24(21(20)18-6-4-5-16(3)11-18)14-28-13-17-7-9-19(23)10-8-17/h4-11,15,27H,12-14H2,1-3H3. The van der Waals surface area contributed by atoms with Crippen molar-refractivity contribution in [2.75, 3.05) is 13.3 Å². The predicted molar refractivity (Wildman–Crippen MR) is 105 cm³/mol. The van der Waals surface area contributed by atoms with E-state index >= 15 is 0 Å². The van der Waals surface area contributed by atoms with Gasteiger partial charge in [0.15, 0.2) is 0 Å². The van der Waals surface area contributed by atoms with Crippen molar-refractivity contribution in [1.29, 1.82) is 0 Å². The fraction of sp³-hybridized carbons (Fsp3) is 0.318. The van der Waals surface area contributed by atoms with Gasteiger partial charge >= 0.3 is 6.03 Å². The van der Waals surface area contributed by atoms with Crippen molar-refractivity contribution in [2.45, 2.75) is 27.4 Å². The van der Waals surface area contributed by atoms with E-state index in [1.807, 2.05) is 45.0 Å². The normalized spacial score (nSPS) is 15.0. The van der Waals surface area contributed by atoms with Crippen LogP contribution >= 0.6 is 0 Å². The Labute approximate surface area is 164 Å². The molecule has 1 aliphatic heterocycles. The van der Waals surface area contributed by atoms with Crippen molar-refractivity contribution in [1.82, 2.24) is 9.96 Å². The third-order valence-corrected chi connectivity index (χ3v) is 4.74. The minimum absolute atomic E-state index is 0.0211. The Balaban J connectivity index is 1.89. The van der Waals surface area contributed by atoms with E-state index in [1.165, 1.54) is 17.0 Å². The number of halogens is 1. The molecule has 2 amide bonds. The van der Waals surface area contributed by atoms with Crippen LogP contribution in [0, 0.1) is 18.7 Å². The van der Waals surface area contributed by atoms with Gasteiger partial charge in [0.25, 0.3) is 0 Å². The second-order valence-corrected chi connectivity index (χ2v) is 7.27. The average Bonchev–Trinajstić information content (AvgIpc) is 2.66. The largest absolute Gasteiger partial charge is 0.356 e. The summed E-state index contributed by atoms with van der Waals surface area (Å²) in [5.41, 5.74) is 4.53. The highest BCUT2D eigenvalue weighted by Gasteiger charge is 2.33. The molecule has 148 valence electrons. The fourth-order valence-corrected chi connectivity index (χ4v) is 3.26. The van der Waals surface area contributed by atoms with Crippen molar-refractivity contribution < 1.29 is 19.1 Å². The molecule has 0 fully saturated rings. The highest BCUT2D eigenvalue weighted by molar-refractivity contribution is 5.89. The maximum absolute atomic E-state index is 13.1. The number of carbonyl (C=O) groups excluding carboxylic acids is 1. The number of ether oxygens (including phenoxy) is 1. The van der Waals surface area contributed by atoms with Gasteiger partial charge < -0.3 is 4.74 Å². The summed E-state index contributed by atoms with van der Waals surface area (Å²) in [6.45, 7) is 6.44. The molecule has 2 aromatic carbocycles. The average molecular weight is 384 g/mol. The lowest BCUT2D eigenvalue weighted by molar-refractivity contribution is -0.0617. The van der Waals surface area contributed by atoms with E-state index in [0.29, 0.717) is 0 Å². The molecular formula is C22H25FN2O3. The number of hydrogen-bond donors (Lipinski definition) is 1. The maximum atomic E-state index is 13.1. The number of amides is 2. The van der Waals surface area contributed by atoms with Gasteiger partial charge in [0.1, 0.15) is 12.5 Å². The number of hydrogen-bond acceptors (Lipinski definition) is 3. The van der Waals surface area contributed by atoms with Gasteiger partial charge in [-0.3, -0.25) is 10.1 Å². The third-order valence-electron chi connectivity index (χ3n) is 4.74. The van der Waals surface area contributed by atoms with Crippen molar-refractivity contribution in [3.8, 4) is 0 Å². The molecule has 1 N–H and O–H groups in total. The van der Waals surface area contributed by atoms with Crippen molar-refractivity contribution in [2.24, 2.45) is 5.92 Å². The molecule has 0 bridgehead atoms. The lowest BCUT2D eigenvalue weighted by Gasteiger charge is -2.37. The van der Waals surface area contributed by atoms with E-state index < -0.39 is 6.03 Å². The molecule has 28 heavy (non-hydrogen) atoms. The van der Waals surface area contributed by atoms with Crippen LogP contribution in [0.1, 0.15) is 30.5 Å². The topological polar surface area (TPSA) is 53.0 Å². The summed E-state index contributed by atoms with van der Waals surface area (Å²) in [5.74, 6) is -0.171. The van der Waals surface area contributed by atoms with Crippen LogP contribution in [-0.4, -0.2) is 34.5 Å². The van der Waals surface area contributed by atoms with Crippen molar-refractivity contribution in [3.63, 3.8) is 0 Å². The van der Waals surface area contributed by atoms with Gasteiger partial charge in [0, 0.05) is 0 Å². The van der Waals surface area contributed by atoms with Crippen LogP contribution in [0.2, 0.25) is 0 Å². The zero-order chi connectivity index (χ0) is 20.3. The molecule has 6 heteroatoms. The third kappa shape index (κ3) is 4.40. The van der Waals surface area contributed by atoms with Crippen LogP contribution in [-0.2, 0) is 11.3 Å². The number of benzene rings is 2. The van der Waals surface area contributed by atoms with Crippen molar-refractivity contribution >= 4 is 11.7 Å². The summed E-state index contributed by atoms with van der Waals surface area (Å²) < 4.78 is 18.8. The first-order chi connectivity index (χ1) is 13.4. The van der Waals surface area contributed by atoms with E-state index in [-0.39, 0.29) is 31.6 Å². The molecule has 0 saturated heterocycles. The molecule has 0 atom stereocenters. The summed E-state index contributed by atoms with van der Waals surface area (Å²) in [6.07, 6.45) is 0. The Morgan fingerprint density at radius 3 is 2.54 bits per heavy atom. The smallest absolute Gasteiger partial charge is 0.350 e. The molecule has 0 radical (unpaired) electrons. The summed E-state index contributed by atoms with van der Waals surface area (Å²) >= 11 is 0. The van der Waals surface area contributed by atoms with Gasteiger partial charge in [-0.25, -0.2) is 14.2 Å². The SMILES string of the molecule is Cc1cccc(C2=C(C(C)C)CN(O)C(=O)N2COCc2ccc(F)cc2)c1. The number of nitrogens with zero attached hydrogens (tertiary/aromatic N) is 2. The van der Waals surface area contributed by atoms with Gasteiger partial charge in [-0.1, -0.05) is 49.7 Å². The van der Waals surface area contributed by atoms with Crippen molar-refractivity contribution in [3.05, 3.63) is 76.6 Å². The molecule has 3 rings (SSSR count). The predicted octanol–water partition coefficient (Wildman–Crippen LogP) is 4.80. The second kappa shape index (κ2) is 8.54.